The Labute approximate surface area is 132 Å². The summed E-state index contributed by atoms with van der Waals surface area (Å²) in [4.78, 5) is 36.8. The number of hydrogen-bond acceptors (Lipinski definition) is 4. The number of hydrogen-bond donors (Lipinski definition) is 2. The van der Waals surface area contributed by atoms with Gasteiger partial charge in [-0.1, -0.05) is 42.5 Å². The van der Waals surface area contributed by atoms with E-state index in [4.69, 9.17) is 4.74 Å². The molecule has 1 fully saturated rings. The fraction of sp³-hybridized carbons (Fsp3) is 0.118. The van der Waals surface area contributed by atoms with Crippen LogP contribution < -0.4 is 15.4 Å². The molecule has 0 radical (unpaired) electrons. The van der Waals surface area contributed by atoms with Crippen molar-refractivity contribution < 1.29 is 19.1 Å². The first-order chi connectivity index (χ1) is 11.1. The number of urea groups is 1. The van der Waals surface area contributed by atoms with Crippen LogP contribution in [0.5, 0.6) is 5.75 Å². The van der Waals surface area contributed by atoms with Gasteiger partial charge in [0.05, 0.1) is 7.11 Å². The van der Waals surface area contributed by atoms with Crippen LogP contribution in [-0.4, -0.2) is 25.0 Å². The lowest BCUT2D eigenvalue weighted by molar-refractivity contribution is -0.136. The minimum absolute atomic E-state index is 0.451. The third kappa shape index (κ3) is 2.24. The number of methoxy groups -OCH3 is 1. The van der Waals surface area contributed by atoms with E-state index < -0.39 is 23.3 Å². The second-order valence-corrected chi connectivity index (χ2v) is 5.08. The number of carbonyl (C=O) groups is 3. The van der Waals surface area contributed by atoms with Gasteiger partial charge < -0.3 is 4.74 Å². The van der Waals surface area contributed by atoms with Crippen molar-refractivity contribution in [1.29, 1.82) is 0 Å². The summed E-state index contributed by atoms with van der Waals surface area (Å²) in [5.41, 5.74) is -0.693. The summed E-state index contributed by atoms with van der Waals surface area (Å²) in [6, 6.07) is 14.4. The van der Waals surface area contributed by atoms with Gasteiger partial charge in [0.2, 0.25) is 0 Å². The fourth-order valence-corrected chi connectivity index (χ4v) is 2.75. The number of carbonyl (C=O) groups excluding carboxylic acids is 3. The standard InChI is InChI=1S/C17H14N2O4/c1-23-13-9-7-12(8-10-13)17(11-5-3-2-4-6-11)14(20)18-16(22)19-15(17)21/h2-10H,1H3,(H2,18,19,20,21,22). The van der Waals surface area contributed by atoms with E-state index in [-0.39, 0.29) is 0 Å². The van der Waals surface area contributed by atoms with Crippen molar-refractivity contribution in [2.45, 2.75) is 5.41 Å². The molecule has 2 aromatic carbocycles. The first-order valence-corrected chi connectivity index (χ1v) is 6.96. The highest BCUT2D eigenvalue weighted by Gasteiger charge is 2.53. The Morgan fingerprint density at radius 3 is 1.83 bits per heavy atom. The molecule has 6 nitrogen and oxygen atoms in total. The predicted molar refractivity (Wildman–Crippen MR) is 81.9 cm³/mol. The number of benzene rings is 2. The molecule has 6 heteroatoms. The van der Waals surface area contributed by atoms with E-state index in [0.29, 0.717) is 16.9 Å². The molecule has 4 amide bonds. The van der Waals surface area contributed by atoms with Crippen LogP contribution in [0.25, 0.3) is 0 Å². The highest BCUT2D eigenvalue weighted by atomic mass is 16.5. The number of amides is 4. The number of nitrogens with one attached hydrogen (secondary N) is 2. The summed E-state index contributed by atoms with van der Waals surface area (Å²) < 4.78 is 5.11. The van der Waals surface area contributed by atoms with E-state index in [1.165, 1.54) is 7.11 Å². The van der Waals surface area contributed by atoms with Crippen molar-refractivity contribution in [3.8, 4) is 5.75 Å². The SMILES string of the molecule is COc1ccc(C2(c3ccccc3)C(=O)NC(=O)NC2=O)cc1. The van der Waals surface area contributed by atoms with Crippen molar-refractivity contribution in [2.75, 3.05) is 7.11 Å². The summed E-state index contributed by atoms with van der Waals surface area (Å²) in [6.07, 6.45) is 0. The minimum Gasteiger partial charge on any atom is -0.497 e. The van der Waals surface area contributed by atoms with E-state index in [2.05, 4.69) is 10.6 Å². The molecule has 0 atom stereocenters. The van der Waals surface area contributed by atoms with Gasteiger partial charge in [0.15, 0.2) is 5.41 Å². The van der Waals surface area contributed by atoms with Crippen LogP contribution in [0.4, 0.5) is 4.79 Å². The van der Waals surface area contributed by atoms with Gasteiger partial charge in [-0.3, -0.25) is 20.2 Å². The molecule has 116 valence electrons. The molecule has 2 N–H and O–H groups in total. The Morgan fingerprint density at radius 1 is 0.783 bits per heavy atom. The van der Waals surface area contributed by atoms with Crippen molar-refractivity contribution in [3.63, 3.8) is 0 Å². The molecule has 0 spiro atoms. The third-order valence-corrected chi connectivity index (χ3v) is 3.87. The zero-order valence-corrected chi connectivity index (χ0v) is 12.3. The average Bonchev–Trinajstić information content (AvgIpc) is 2.56. The smallest absolute Gasteiger partial charge is 0.328 e. The Hall–Kier alpha value is -3.15. The highest BCUT2D eigenvalue weighted by Crippen LogP contribution is 2.35. The molecular formula is C17H14N2O4. The van der Waals surface area contributed by atoms with Gasteiger partial charge >= 0.3 is 6.03 Å². The van der Waals surface area contributed by atoms with E-state index in [1.807, 2.05) is 0 Å². The van der Waals surface area contributed by atoms with Gasteiger partial charge in [-0.25, -0.2) is 4.79 Å². The molecule has 0 aromatic heterocycles. The molecule has 0 aliphatic carbocycles. The molecule has 1 saturated heterocycles. The Bertz CT molecular complexity index is 749. The van der Waals surface area contributed by atoms with Crippen LogP contribution in [0.3, 0.4) is 0 Å². The molecule has 1 aliphatic heterocycles. The number of ether oxygens (including phenoxy) is 1. The quantitative estimate of drug-likeness (QED) is 0.838. The predicted octanol–water partition coefficient (Wildman–Crippen LogP) is 1.35. The van der Waals surface area contributed by atoms with E-state index in [0.717, 1.165) is 0 Å². The monoisotopic (exact) mass is 310 g/mol. The number of barbiturate groups is 1. The molecule has 0 saturated carbocycles. The van der Waals surface area contributed by atoms with Gasteiger partial charge in [-0.15, -0.1) is 0 Å². The maximum absolute atomic E-state index is 12.7. The Balaban J connectivity index is 2.23. The van der Waals surface area contributed by atoms with Gasteiger partial charge in [-0.05, 0) is 23.3 Å². The van der Waals surface area contributed by atoms with Crippen LogP contribution >= 0.6 is 0 Å². The molecular weight excluding hydrogens is 296 g/mol. The summed E-state index contributed by atoms with van der Waals surface area (Å²) >= 11 is 0. The number of imide groups is 2. The normalized spacial score (nSPS) is 16.5. The Kier molecular flexibility index (Phi) is 3.57. The minimum atomic E-state index is -1.62. The molecule has 1 aliphatic rings. The maximum Gasteiger partial charge on any atom is 0.328 e. The van der Waals surface area contributed by atoms with Crippen LogP contribution in [0.1, 0.15) is 11.1 Å². The lowest BCUT2D eigenvalue weighted by atomic mass is 9.72. The first kappa shape index (κ1) is 14.8. The second-order valence-electron chi connectivity index (χ2n) is 5.08. The second kappa shape index (κ2) is 5.57. The molecule has 3 rings (SSSR count). The number of rotatable bonds is 3. The van der Waals surface area contributed by atoms with Crippen molar-refractivity contribution in [2.24, 2.45) is 0 Å². The largest absolute Gasteiger partial charge is 0.497 e. The van der Waals surface area contributed by atoms with Crippen molar-refractivity contribution in [1.82, 2.24) is 10.6 Å². The average molecular weight is 310 g/mol. The highest BCUT2D eigenvalue weighted by molar-refractivity contribution is 6.25. The molecule has 23 heavy (non-hydrogen) atoms. The van der Waals surface area contributed by atoms with Crippen LogP contribution in [0.15, 0.2) is 54.6 Å². The lowest BCUT2D eigenvalue weighted by Gasteiger charge is -2.34. The van der Waals surface area contributed by atoms with Crippen LogP contribution in [0, 0.1) is 0 Å². The van der Waals surface area contributed by atoms with Crippen molar-refractivity contribution in [3.05, 3.63) is 65.7 Å². The van der Waals surface area contributed by atoms with Gasteiger partial charge in [0, 0.05) is 0 Å². The van der Waals surface area contributed by atoms with Crippen LogP contribution in [-0.2, 0) is 15.0 Å². The van der Waals surface area contributed by atoms with Gasteiger partial charge in [0.1, 0.15) is 5.75 Å². The topological polar surface area (TPSA) is 84.5 Å². The maximum atomic E-state index is 12.7. The Morgan fingerprint density at radius 2 is 1.30 bits per heavy atom. The lowest BCUT2D eigenvalue weighted by Crippen LogP contribution is -2.65. The summed E-state index contributed by atoms with van der Waals surface area (Å²) in [5.74, 6) is -0.755. The van der Waals surface area contributed by atoms with Crippen molar-refractivity contribution >= 4 is 17.8 Å². The van der Waals surface area contributed by atoms with Crippen LogP contribution in [0.2, 0.25) is 0 Å². The summed E-state index contributed by atoms with van der Waals surface area (Å²) in [5, 5.41) is 4.37. The van der Waals surface area contributed by atoms with Gasteiger partial charge in [-0.2, -0.15) is 0 Å². The first-order valence-electron chi connectivity index (χ1n) is 6.96. The van der Waals surface area contributed by atoms with E-state index in [9.17, 15) is 14.4 Å². The molecule has 0 bridgehead atoms. The molecule has 1 heterocycles. The van der Waals surface area contributed by atoms with Gasteiger partial charge in [0.25, 0.3) is 11.8 Å². The third-order valence-electron chi connectivity index (χ3n) is 3.87. The molecule has 0 unspecified atom stereocenters. The summed E-state index contributed by atoms with van der Waals surface area (Å²) in [6.45, 7) is 0. The fourth-order valence-electron chi connectivity index (χ4n) is 2.75. The van der Waals surface area contributed by atoms with E-state index in [1.54, 1.807) is 54.6 Å². The molecule has 2 aromatic rings. The zero-order valence-electron chi connectivity index (χ0n) is 12.3. The van der Waals surface area contributed by atoms with E-state index >= 15 is 0 Å². The zero-order chi connectivity index (χ0) is 16.4. The summed E-state index contributed by atoms with van der Waals surface area (Å²) in [7, 11) is 1.53.